The van der Waals surface area contributed by atoms with Gasteiger partial charge in [0.1, 0.15) is 5.82 Å². The van der Waals surface area contributed by atoms with Crippen molar-refractivity contribution in [1.29, 1.82) is 0 Å². The highest BCUT2D eigenvalue weighted by atomic mass is 19.1. The molecule has 1 rings (SSSR count). The topological polar surface area (TPSA) is 35.2 Å². The summed E-state index contributed by atoms with van der Waals surface area (Å²) in [7, 11) is 1.35. The molecule has 4 heteroatoms. The molecule has 0 unspecified atom stereocenters. The molecule has 0 heterocycles. The number of benzene rings is 1. The number of hydrogen-bond acceptors (Lipinski definition) is 2. The number of rotatable bonds is 3. The van der Waals surface area contributed by atoms with Gasteiger partial charge in [0.15, 0.2) is 11.6 Å². The summed E-state index contributed by atoms with van der Waals surface area (Å²) < 4.78 is 31.4. The maximum atomic E-state index is 13.4. The zero-order valence-electron chi connectivity index (χ0n) is 9.10. The van der Waals surface area contributed by atoms with Crippen LogP contribution in [0.2, 0.25) is 0 Å². The summed E-state index contributed by atoms with van der Waals surface area (Å²) in [4.78, 5) is 0. The van der Waals surface area contributed by atoms with Crippen LogP contribution in [0.4, 0.5) is 8.78 Å². The van der Waals surface area contributed by atoms with Crippen molar-refractivity contribution in [2.75, 3.05) is 13.7 Å². The third-order valence-corrected chi connectivity index (χ3v) is 2.45. The van der Waals surface area contributed by atoms with Crippen LogP contribution in [0.5, 0.6) is 5.75 Å². The molecule has 0 atom stereocenters. The molecule has 0 saturated carbocycles. The molecule has 1 aromatic carbocycles. The van der Waals surface area contributed by atoms with Crippen LogP contribution in [-0.2, 0) is 5.41 Å². The van der Waals surface area contributed by atoms with Gasteiger partial charge in [0.2, 0.25) is 0 Å². The van der Waals surface area contributed by atoms with E-state index in [9.17, 15) is 8.78 Å². The zero-order valence-corrected chi connectivity index (χ0v) is 9.10. The monoisotopic (exact) mass is 215 g/mol. The van der Waals surface area contributed by atoms with Gasteiger partial charge in [-0.3, -0.25) is 0 Å². The SMILES string of the molecule is COc1c(F)cc(F)cc1C(C)(C)CN. The minimum Gasteiger partial charge on any atom is -0.493 e. The number of hydrogen-bond donors (Lipinski definition) is 1. The Hall–Kier alpha value is -1.16. The van der Waals surface area contributed by atoms with Crippen LogP contribution in [0.15, 0.2) is 12.1 Å². The quantitative estimate of drug-likeness (QED) is 0.839. The molecule has 0 amide bonds. The Balaban J connectivity index is 3.39. The van der Waals surface area contributed by atoms with Gasteiger partial charge in [-0.25, -0.2) is 8.78 Å². The van der Waals surface area contributed by atoms with Crippen LogP contribution in [0.25, 0.3) is 0 Å². The fraction of sp³-hybridized carbons (Fsp3) is 0.455. The maximum Gasteiger partial charge on any atom is 0.168 e. The van der Waals surface area contributed by atoms with E-state index in [4.69, 9.17) is 10.5 Å². The van der Waals surface area contributed by atoms with Crippen LogP contribution >= 0.6 is 0 Å². The minimum atomic E-state index is -0.700. The molecule has 0 radical (unpaired) electrons. The Labute approximate surface area is 88.0 Å². The number of nitrogens with two attached hydrogens (primary N) is 1. The second-order valence-corrected chi connectivity index (χ2v) is 4.06. The van der Waals surface area contributed by atoms with Gasteiger partial charge >= 0.3 is 0 Å². The average Bonchev–Trinajstić information content (AvgIpc) is 2.16. The third-order valence-electron chi connectivity index (χ3n) is 2.45. The zero-order chi connectivity index (χ0) is 11.6. The van der Waals surface area contributed by atoms with E-state index >= 15 is 0 Å². The first-order valence-corrected chi connectivity index (χ1v) is 4.66. The normalized spacial score (nSPS) is 11.6. The van der Waals surface area contributed by atoms with Crippen LogP contribution in [0.1, 0.15) is 19.4 Å². The predicted octanol–water partition coefficient (Wildman–Crippen LogP) is 2.21. The van der Waals surface area contributed by atoms with Gasteiger partial charge in [-0.05, 0) is 6.07 Å². The Morgan fingerprint density at radius 1 is 1.33 bits per heavy atom. The lowest BCUT2D eigenvalue weighted by Gasteiger charge is -2.25. The smallest absolute Gasteiger partial charge is 0.168 e. The van der Waals surface area contributed by atoms with Crippen molar-refractivity contribution in [2.24, 2.45) is 5.73 Å². The minimum absolute atomic E-state index is 0.0619. The van der Waals surface area contributed by atoms with E-state index < -0.39 is 17.0 Å². The average molecular weight is 215 g/mol. The maximum absolute atomic E-state index is 13.4. The van der Waals surface area contributed by atoms with E-state index in [1.54, 1.807) is 0 Å². The summed E-state index contributed by atoms with van der Waals surface area (Å²) in [6, 6.07) is 2.06. The third kappa shape index (κ3) is 2.26. The Morgan fingerprint density at radius 2 is 1.93 bits per heavy atom. The first-order chi connectivity index (χ1) is 6.92. The van der Waals surface area contributed by atoms with Crippen molar-refractivity contribution in [1.82, 2.24) is 0 Å². The van der Waals surface area contributed by atoms with Crippen molar-refractivity contribution in [3.05, 3.63) is 29.3 Å². The number of methoxy groups -OCH3 is 1. The Kier molecular flexibility index (Phi) is 3.29. The number of halogens is 2. The van der Waals surface area contributed by atoms with E-state index in [-0.39, 0.29) is 12.3 Å². The first-order valence-electron chi connectivity index (χ1n) is 4.66. The molecule has 0 aliphatic carbocycles. The molecule has 0 fully saturated rings. The highest BCUT2D eigenvalue weighted by Gasteiger charge is 2.25. The number of ether oxygens (including phenoxy) is 1. The van der Waals surface area contributed by atoms with Gasteiger partial charge in [-0.1, -0.05) is 13.8 Å². The molecule has 2 N–H and O–H groups in total. The Morgan fingerprint density at radius 3 is 2.40 bits per heavy atom. The van der Waals surface area contributed by atoms with Crippen molar-refractivity contribution >= 4 is 0 Å². The lowest BCUT2D eigenvalue weighted by Crippen LogP contribution is -2.29. The van der Waals surface area contributed by atoms with Crippen LogP contribution in [0.3, 0.4) is 0 Å². The molecule has 84 valence electrons. The van der Waals surface area contributed by atoms with E-state index in [1.165, 1.54) is 13.2 Å². The van der Waals surface area contributed by atoms with E-state index in [2.05, 4.69) is 0 Å². The molecule has 1 aromatic rings. The van der Waals surface area contributed by atoms with Crippen LogP contribution < -0.4 is 10.5 Å². The fourth-order valence-corrected chi connectivity index (χ4v) is 1.38. The largest absolute Gasteiger partial charge is 0.493 e. The molecule has 0 bridgehead atoms. The standard InChI is InChI=1S/C11H15F2NO/c1-11(2,6-14)8-4-7(12)5-9(13)10(8)15-3/h4-5H,6,14H2,1-3H3. The molecule has 0 aliphatic heterocycles. The predicted molar refractivity (Wildman–Crippen MR) is 55.0 cm³/mol. The fourth-order valence-electron chi connectivity index (χ4n) is 1.38. The van der Waals surface area contributed by atoms with Gasteiger partial charge in [-0.2, -0.15) is 0 Å². The van der Waals surface area contributed by atoms with Gasteiger partial charge in [0, 0.05) is 23.6 Å². The van der Waals surface area contributed by atoms with Crippen molar-refractivity contribution in [3.63, 3.8) is 0 Å². The lowest BCUT2D eigenvalue weighted by molar-refractivity contribution is 0.364. The Bertz CT molecular complexity index is 364. The molecule has 2 nitrogen and oxygen atoms in total. The van der Waals surface area contributed by atoms with Crippen LogP contribution in [0, 0.1) is 11.6 Å². The second-order valence-electron chi connectivity index (χ2n) is 4.06. The summed E-state index contributed by atoms with van der Waals surface area (Å²) in [6.45, 7) is 3.90. The van der Waals surface area contributed by atoms with Gasteiger partial charge in [0.25, 0.3) is 0 Å². The summed E-state index contributed by atoms with van der Waals surface area (Å²) in [5.41, 5.74) is 5.49. The van der Waals surface area contributed by atoms with Gasteiger partial charge in [0.05, 0.1) is 7.11 Å². The van der Waals surface area contributed by atoms with Gasteiger partial charge < -0.3 is 10.5 Å². The highest BCUT2D eigenvalue weighted by Crippen LogP contribution is 2.33. The molecule has 0 aliphatic rings. The highest BCUT2D eigenvalue weighted by molar-refractivity contribution is 5.40. The van der Waals surface area contributed by atoms with Crippen molar-refractivity contribution < 1.29 is 13.5 Å². The van der Waals surface area contributed by atoms with Crippen molar-refractivity contribution in [3.8, 4) is 5.75 Å². The molecular formula is C11H15F2NO. The summed E-state index contributed by atoms with van der Waals surface area (Å²) >= 11 is 0. The van der Waals surface area contributed by atoms with E-state index in [0.717, 1.165) is 6.07 Å². The molecule has 0 saturated heterocycles. The summed E-state index contributed by atoms with van der Waals surface area (Å²) in [6.07, 6.45) is 0. The van der Waals surface area contributed by atoms with E-state index in [0.29, 0.717) is 5.56 Å². The first kappa shape index (κ1) is 11.9. The van der Waals surface area contributed by atoms with Crippen LogP contribution in [-0.4, -0.2) is 13.7 Å². The summed E-state index contributed by atoms with van der Waals surface area (Å²) in [5.74, 6) is -1.26. The molecular weight excluding hydrogens is 200 g/mol. The van der Waals surface area contributed by atoms with Gasteiger partial charge in [-0.15, -0.1) is 0 Å². The summed E-state index contributed by atoms with van der Waals surface area (Å²) in [5, 5.41) is 0. The molecule has 0 spiro atoms. The molecule has 0 aromatic heterocycles. The second kappa shape index (κ2) is 4.14. The lowest BCUT2D eigenvalue weighted by atomic mass is 9.84. The van der Waals surface area contributed by atoms with E-state index in [1.807, 2.05) is 13.8 Å². The molecule has 15 heavy (non-hydrogen) atoms. The van der Waals surface area contributed by atoms with Crippen molar-refractivity contribution in [2.45, 2.75) is 19.3 Å².